The summed E-state index contributed by atoms with van der Waals surface area (Å²) in [5, 5.41) is 9.23. The molecule has 1 N–H and O–H groups in total. The van der Waals surface area contributed by atoms with Gasteiger partial charge in [-0.25, -0.2) is 0 Å². The smallest absolute Gasteiger partial charge is 0.141 e. The van der Waals surface area contributed by atoms with Crippen LogP contribution in [0.1, 0.15) is 25.6 Å². The summed E-state index contributed by atoms with van der Waals surface area (Å²) in [6, 6.07) is 7.94. The second kappa shape index (κ2) is 6.18. The van der Waals surface area contributed by atoms with Crippen molar-refractivity contribution in [3.05, 3.63) is 29.8 Å². The summed E-state index contributed by atoms with van der Waals surface area (Å²) in [6.07, 6.45) is -0.223. The standard InChI is InChI=1S/C14H21NO3/c1-3-15-9-11(10-16)18-14(15)12-7-5-6-8-13(12)17-4-2/h5-8,11,14,16H,3-4,9-10H2,1-2H3. The van der Waals surface area contributed by atoms with Crippen molar-refractivity contribution in [3.63, 3.8) is 0 Å². The molecule has 0 radical (unpaired) electrons. The molecular formula is C14H21NO3. The minimum Gasteiger partial charge on any atom is -0.493 e. The van der Waals surface area contributed by atoms with Crippen molar-refractivity contribution in [1.82, 2.24) is 4.90 Å². The number of rotatable bonds is 5. The first-order chi connectivity index (χ1) is 8.80. The first-order valence-corrected chi connectivity index (χ1v) is 6.52. The van der Waals surface area contributed by atoms with E-state index >= 15 is 0 Å². The molecule has 1 aromatic carbocycles. The molecular weight excluding hydrogens is 230 g/mol. The largest absolute Gasteiger partial charge is 0.493 e. The van der Waals surface area contributed by atoms with E-state index in [2.05, 4.69) is 11.8 Å². The lowest BCUT2D eigenvalue weighted by molar-refractivity contribution is -0.0197. The zero-order valence-electron chi connectivity index (χ0n) is 11.0. The van der Waals surface area contributed by atoms with Crippen molar-refractivity contribution in [1.29, 1.82) is 0 Å². The third-order valence-electron chi connectivity index (χ3n) is 3.19. The van der Waals surface area contributed by atoms with E-state index in [9.17, 15) is 5.11 Å². The van der Waals surface area contributed by atoms with E-state index in [1.165, 1.54) is 0 Å². The number of likely N-dealkylation sites (N-methyl/N-ethyl adjacent to an activating group) is 1. The highest BCUT2D eigenvalue weighted by Crippen LogP contribution is 2.35. The average molecular weight is 251 g/mol. The van der Waals surface area contributed by atoms with Crippen LogP contribution in [-0.2, 0) is 4.74 Å². The number of benzene rings is 1. The molecule has 1 aliphatic heterocycles. The molecule has 0 aliphatic carbocycles. The number of para-hydroxylation sites is 1. The number of aliphatic hydroxyl groups excluding tert-OH is 1. The van der Waals surface area contributed by atoms with Gasteiger partial charge in [0.1, 0.15) is 12.0 Å². The van der Waals surface area contributed by atoms with Crippen LogP contribution in [0, 0.1) is 0 Å². The Balaban J connectivity index is 2.24. The molecule has 1 heterocycles. The number of nitrogens with zero attached hydrogens (tertiary/aromatic N) is 1. The molecule has 0 spiro atoms. The maximum atomic E-state index is 9.23. The normalized spacial score (nSPS) is 24.4. The molecule has 2 unspecified atom stereocenters. The highest BCUT2D eigenvalue weighted by Gasteiger charge is 2.33. The van der Waals surface area contributed by atoms with Crippen molar-refractivity contribution in [2.75, 3.05) is 26.3 Å². The van der Waals surface area contributed by atoms with Gasteiger partial charge >= 0.3 is 0 Å². The van der Waals surface area contributed by atoms with Gasteiger partial charge in [-0.2, -0.15) is 0 Å². The van der Waals surface area contributed by atoms with Gasteiger partial charge in [0, 0.05) is 12.1 Å². The summed E-state index contributed by atoms with van der Waals surface area (Å²) in [7, 11) is 0. The van der Waals surface area contributed by atoms with Crippen molar-refractivity contribution >= 4 is 0 Å². The molecule has 18 heavy (non-hydrogen) atoms. The van der Waals surface area contributed by atoms with E-state index in [0.29, 0.717) is 6.61 Å². The molecule has 1 fully saturated rings. The molecule has 1 aromatic rings. The minimum atomic E-state index is -0.116. The molecule has 0 bridgehead atoms. The van der Waals surface area contributed by atoms with Gasteiger partial charge in [-0.1, -0.05) is 25.1 Å². The van der Waals surface area contributed by atoms with Crippen molar-refractivity contribution in [2.45, 2.75) is 26.2 Å². The van der Waals surface area contributed by atoms with E-state index in [4.69, 9.17) is 9.47 Å². The highest BCUT2D eigenvalue weighted by molar-refractivity contribution is 5.35. The Morgan fingerprint density at radius 2 is 2.17 bits per heavy atom. The van der Waals surface area contributed by atoms with Gasteiger partial charge in [-0.3, -0.25) is 4.90 Å². The van der Waals surface area contributed by atoms with E-state index in [0.717, 1.165) is 24.4 Å². The van der Waals surface area contributed by atoms with Crippen LogP contribution >= 0.6 is 0 Å². The lowest BCUT2D eigenvalue weighted by Gasteiger charge is -2.23. The first-order valence-electron chi connectivity index (χ1n) is 6.52. The number of hydrogen-bond donors (Lipinski definition) is 1. The summed E-state index contributed by atoms with van der Waals surface area (Å²) >= 11 is 0. The van der Waals surface area contributed by atoms with Gasteiger partial charge < -0.3 is 14.6 Å². The fraction of sp³-hybridized carbons (Fsp3) is 0.571. The molecule has 1 saturated heterocycles. The van der Waals surface area contributed by atoms with Crippen LogP contribution in [0.25, 0.3) is 0 Å². The van der Waals surface area contributed by atoms with Crippen LogP contribution in [0.15, 0.2) is 24.3 Å². The molecule has 2 rings (SSSR count). The van der Waals surface area contributed by atoms with Crippen LogP contribution in [0.4, 0.5) is 0 Å². The maximum Gasteiger partial charge on any atom is 0.141 e. The van der Waals surface area contributed by atoms with Gasteiger partial charge in [0.05, 0.1) is 19.3 Å². The van der Waals surface area contributed by atoms with Crippen LogP contribution in [-0.4, -0.2) is 42.4 Å². The van der Waals surface area contributed by atoms with Gasteiger partial charge in [-0.15, -0.1) is 0 Å². The van der Waals surface area contributed by atoms with E-state index in [-0.39, 0.29) is 18.9 Å². The zero-order valence-corrected chi connectivity index (χ0v) is 11.0. The molecule has 1 aliphatic rings. The lowest BCUT2D eigenvalue weighted by Crippen LogP contribution is -2.25. The first kappa shape index (κ1) is 13.3. The summed E-state index contributed by atoms with van der Waals surface area (Å²) in [5.41, 5.74) is 1.04. The zero-order chi connectivity index (χ0) is 13.0. The molecule has 0 saturated carbocycles. The average Bonchev–Trinajstić information content (AvgIpc) is 2.83. The number of aliphatic hydroxyl groups is 1. The van der Waals surface area contributed by atoms with Gasteiger partial charge in [0.2, 0.25) is 0 Å². The summed E-state index contributed by atoms with van der Waals surface area (Å²) in [6.45, 7) is 6.42. The third-order valence-corrected chi connectivity index (χ3v) is 3.19. The Kier molecular flexibility index (Phi) is 4.58. The number of hydrogen-bond acceptors (Lipinski definition) is 4. The second-order valence-corrected chi connectivity index (χ2v) is 4.35. The predicted molar refractivity (Wildman–Crippen MR) is 69.6 cm³/mol. The van der Waals surface area contributed by atoms with Crippen molar-refractivity contribution in [2.24, 2.45) is 0 Å². The van der Waals surface area contributed by atoms with Gasteiger partial charge in [0.15, 0.2) is 0 Å². The van der Waals surface area contributed by atoms with Crippen molar-refractivity contribution in [3.8, 4) is 5.75 Å². The molecule has 100 valence electrons. The second-order valence-electron chi connectivity index (χ2n) is 4.35. The Bertz CT molecular complexity index is 383. The van der Waals surface area contributed by atoms with Crippen molar-refractivity contribution < 1.29 is 14.6 Å². The Hall–Kier alpha value is -1.10. The summed E-state index contributed by atoms with van der Waals surface area (Å²) in [5.74, 6) is 0.863. The topological polar surface area (TPSA) is 41.9 Å². The highest BCUT2D eigenvalue weighted by atomic mass is 16.5. The fourth-order valence-electron chi connectivity index (χ4n) is 2.31. The molecule has 0 aromatic heterocycles. The Labute approximate surface area is 108 Å². The maximum absolute atomic E-state index is 9.23. The predicted octanol–water partition coefficient (Wildman–Crippen LogP) is 1.80. The summed E-state index contributed by atoms with van der Waals surface area (Å²) < 4.78 is 11.5. The Morgan fingerprint density at radius 1 is 1.39 bits per heavy atom. The molecule has 0 amide bonds. The Morgan fingerprint density at radius 3 is 2.83 bits per heavy atom. The fourth-order valence-corrected chi connectivity index (χ4v) is 2.31. The van der Waals surface area contributed by atoms with E-state index in [1.54, 1.807) is 0 Å². The number of ether oxygens (including phenoxy) is 2. The van der Waals surface area contributed by atoms with Crippen LogP contribution < -0.4 is 4.74 Å². The minimum absolute atomic E-state index is 0.0593. The van der Waals surface area contributed by atoms with Gasteiger partial charge in [-0.05, 0) is 19.5 Å². The SMILES string of the molecule is CCOc1ccccc1C1OC(CO)CN1CC. The molecule has 2 atom stereocenters. The van der Waals surface area contributed by atoms with Crippen LogP contribution in [0.5, 0.6) is 5.75 Å². The monoisotopic (exact) mass is 251 g/mol. The van der Waals surface area contributed by atoms with E-state index < -0.39 is 0 Å². The van der Waals surface area contributed by atoms with E-state index in [1.807, 2.05) is 31.2 Å². The van der Waals surface area contributed by atoms with Gasteiger partial charge in [0.25, 0.3) is 0 Å². The molecule has 4 nitrogen and oxygen atoms in total. The third kappa shape index (κ3) is 2.66. The lowest BCUT2D eigenvalue weighted by atomic mass is 10.1. The summed E-state index contributed by atoms with van der Waals surface area (Å²) in [4.78, 5) is 2.21. The molecule has 4 heteroatoms. The van der Waals surface area contributed by atoms with Crippen LogP contribution in [0.3, 0.4) is 0 Å². The van der Waals surface area contributed by atoms with Crippen LogP contribution in [0.2, 0.25) is 0 Å². The quantitative estimate of drug-likeness (QED) is 0.866.